The van der Waals surface area contributed by atoms with Gasteiger partial charge in [-0.05, 0) is 89.2 Å². The van der Waals surface area contributed by atoms with E-state index in [0.717, 1.165) is 49.3 Å². The largest absolute Gasteiger partial charge is 0.534 e. The van der Waals surface area contributed by atoms with Gasteiger partial charge in [-0.15, -0.1) is 0 Å². The highest BCUT2D eigenvalue weighted by Crippen LogP contribution is 2.46. The number of hydrogen-bond donors (Lipinski definition) is 0. The van der Waals surface area contributed by atoms with E-state index in [2.05, 4.69) is 74.6 Å². The summed E-state index contributed by atoms with van der Waals surface area (Å²) in [5, 5.41) is 3.35. The normalized spacial score (nSPS) is 15.3. The number of carbonyl (C=O) groups excluding carboxylic acids is 2. The predicted octanol–water partition coefficient (Wildman–Crippen LogP) is 7.97. The van der Waals surface area contributed by atoms with Crippen molar-refractivity contribution in [1.82, 2.24) is 4.90 Å². The van der Waals surface area contributed by atoms with Gasteiger partial charge in [0.05, 0.1) is 26.1 Å². The number of nitrogens with zero attached hydrogens (tertiary/aromatic N) is 2. The SMILES string of the molecule is CCOC(=O)Cc1cc(N2CCN(Cc3ccccc3)C3(CC3)C2)cc2ccccc12.CCOC(=O)Cc1cc(OS(=O)(=O)C(F)(F)F)cc2ccccc12. The van der Waals surface area contributed by atoms with Crippen molar-refractivity contribution >= 4 is 49.3 Å². The molecule has 13 heteroatoms. The van der Waals surface area contributed by atoms with Crippen LogP contribution in [0, 0.1) is 0 Å². The number of fused-ring (bicyclic) bond motifs is 2. The summed E-state index contributed by atoms with van der Waals surface area (Å²) in [4.78, 5) is 29.1. The van der Waals surface area contributed by atoms with E-state index >= 15 is 0 Å². The fourth-order valence-electron chi connectivity index (χ4n) is 7.07. The second kappa shape index (κ2) is 16.7. The van der Waals surface area contributed by atoms with E-state index < -0.39 is 27.3 Å². The van der Waals surface area contributed by atoms with Crippen molar-refractivity contribution in [1.29, 1.82) is 0 Å². The molecule has 1 aliphatic heterocycles. The van der Waals surface area contributed by atoms with Gasteiger partial charge in [0, 0.05) is 37.4 Å². The predicted molar refractivity (Wildman–Crippen MR) is 205 cm³/mol. The monoisotopic (exact) mass is 776 g/mol. The van der Waals surface area contributed by atoms with Gasteiger partial charge in [-0.3, -0.25) is 14.5 Å². The fraction of sp³-hybridized carbons (Fsp3) is 0.333. The van der Waals surface area contributed by atoms with Gasteiger partial charge in [-0.1, -0.05) is 78.9 Å². The van der Waals surface area contributed by atoms with Crippen LogP contribution in [0.5, 0.6) is 5.75 Å². The van der Waals surface area contributed by atoms with E-state index in [9.17, 15) is 31.2 Å². The van der Waals surface area contributed by atoms with Crippen LogP contribution < -0.4 is 9.08 Å². The molecule has 55 heavy (non-hydrogen) atoms. The molecule has 0 radical (unpaired) electrons. The molecule has 290 valence electrons. The van der Waals surface area contributed by atoms with Crippen molar-refractivity contribution < 1.29 is 44.8 Å². The Hall–Kier alpha value is -5.14. The minimum Gasteiger partial charge on any atom is -0.466 e. The van der Waals surface area contributed by atoms with Crippen molar-refractivity contribution in [2.45, 2.75) is 57.1 Å². The zero-order valence-electron chi connectivity index (χ0n) is 30.7. The van der Waals surface area contributed by atoms with Gasteiger partial charge < -0.3 is 18.6 Å². The highest BCUT2D eigenvalue weighted by Gasteiger charge is 2.51. The number of benzene rings is 5. The highest BCUT2D eigenvalue weighted by molar-refractivity contribution is 7.88. The summed E-state index contributed by atoms with van der Waals surface area (Å²) in [7, 11) is -5.79. The Morgan fingerprint density at radius 1 is 0.727 bits per heavy atom. The van der Waals surface area contributed by atoms with Crippen LogP contribution >= 0.6 is 0 Å². The molecule has 0 amide bonds. The van der Waals surface area contributed by atoms with Gasteiger partial charge in [-0.2, -0.15) is 21.6 Å². The van der Waals surface area contributed by atoms with Crippen LogP contribution in [0.3, 0.4) is 0 Å². The summed E-state index contributed by atoms with van der Waals surface area (Å²) in [6, 6.07) is 32.4. The van der Waals surface area contributed by atoms with E-state index in [-0.39, 0.29) is 19.0 Å². The maximum atomic E-state index is 12.5. The van der Waals surface area contributed by atoms with Crippen LogP contribution in [0.1, 0.15) is 43.4 Å². The third-order valence-corrected chi connectivity index (χ3v) is 10.8. The van der Waals surface area contributed by atoms with Crippen LogP contribution in [0.25, 0.3) is 21.5 Å². The average Bonchev–Trinajstić information content (AvgIpc) is 3.92. The lowest BCUT2D eigenvalue weighted by Gasteiger charge is -2.43. The highest BCUT2D eigenvalue weighted by atomic mass is 32.2. The summed E-state index contributed by atoms with van der Waals surface area (Å²) in [5.74, 6) is -1.26. The van der Waals surface area contributed by atoms with E-state index in [1.165, 1.54) is 29.5 Å². The number of anilines is 1. The first-order valence-corrected chi connectivity index (χ1v) is 19.6. The molecule has 7 rings (SSSR count). The van der Waals surface area contributed by atoms with E-state index in [0.29, 0.717) is 34.9 Å². The van der Waals surface area contributed by atoms with Gasteiger partial charge in [0.25, 0.3) is 0 Å². The molecular formula is C42H43F3N2O7S. The maximum absolute atomic E-state index is 12.5. The summed E-state index contributed by atoms with van der Waals surface area (Å²) in [6.07, 6.45) is 2.62. The summed E-state index contributed by atoms with van der Waals surface area (Å²) >= 11 is 0. The Labute approximate surface area is 318 Å². The number of alkyl halides is 3. The Kier molecular flexibility index (Phi) is 12.0. The standard InChI is InChI=1S/C27H30N2O2.C15H13F3O5S/c1-2-31-26(30)18-23-17-24(16-22-10-6-7-11-25(22)23)28-14-15-29(27(20-28)12-13-27)19-21-8-4-3-5-9-21;1-2-22-14(19)9-11-8-12(23-24(20,21)15(16,17)18)7-10-5-3-4-6-13(10)11/h3-11,16-17H,2,12-15,18-20H2,1H3;3-8H,2,9H2,1H3. The molecular weight excluding hydrogens is 734 g/mol. The molecule has 5 aromatic carbocycles. The molecule has 1 aliphatic carbocycles. The number of esters is 2. The van der Waals surface area contributed by atoms with Crippen molar-refractivity contribution in [3.8, 4) is 5.75 Å². The molecule has 0 atom stereocenters. The Balaban J connectivity index is 0.000000194. The molecule has 1 heterocycles. The van der Waals surface area contributed by atoms with Crippen LogP contribution in [-0.4, -0.2) is 69.2 Å². The van der Waals surface area contributed by atoms with Crippen LogP contribution in [0.4, 0.5) is 18.9 Å². The van der Waals surface area contributed by atoms with Gasteiger partial charge in [0.2, 0.25) is 0 Å². The molecule has 5 aromatic rings. The summed E-state index contributed by atoms with van der Waals surface area (Å²) in [6.45, 7) is 8.19. The lowest BCUT2D eigenvalue weighted by atomic mass is 9.99. The van der Waals surface area contributed by atoms with Gasteiger partial charge >= 0.3 is 27.6 Å². The van der Waals surface area contributed by atoms with Crippen molar-refractivity contribution in [3.05, 3.63) is 120 Å². The van der Waals surface area contributed by atoms with E-state index in [1.807, 2.05) is 13.0 Å². The third kappa shape index (κ3) is 9.57. The topological polar surface area (TPSA) is 102 Å². The molecule has 0 aromatic heterocycles. The molecule has 0 N–H and O–H groups in total. The van der Waals surface area contributed by atoms with Crippen molar-refractivity contribution in [2.75, 3.05) is 37.7 Å². The lowest BCUT2D eigenvalue weighted by Crippen LogP contribution is -2.54. The van der Waals surface area contributed by atoms with E-state index in [4.69, 9.17) is 9.47 Å². The lowest BCUT2D eigenvalue weighted by molar-refractivity contribution is -0.143. The van der Waals surface area contributed by atoms with Gasteiger partial charge in [0.15, 0.2) is 0 Å². The smallest absolute Gasteiger partial charge is 0.466 e. The average molecular weight is 777 g/mol. The van der Waals surface area contributed by atoms with Crippen LogP contribution in [0.15, 0.2) is 103 Å². The third-order valence-electron chi connectivity index (χ3n) is 9.83. The number of rotatable bonds is 11. The molecule has 2 aliphatic rings. The number of hydrogen-bond acceptors (Lipinski definition) is 9. The van der Waals surface area contributed by atoms with Gasteiger partial charge in [0.1, 0.15) is 5.75 Å². The number of piperazine rings is 1. The van der Waals surface area contributed by atoms with Crippen LogP contribution in [-0.2, 0) is 48.6 Å². The molecule has 9 nitrogen and oxygen atoms in total. The minimum absolute atomic E-state index is 0.148. The quantitative estimate of drug-likeness (QED) is 0.0751. The first-order valence-electron chi connectivity index (χ1n) is 18.2. The molecule has 2 fully saturated rings. The Bertz CT molecular complexity index is 2260. The maximum Gasteiger partial charge on any atom is 0.534 e. The zero-order chi connectivity index (χ0) is 39.2. The number of carbonyl (C=O) groups is 2. The second-order valence-corrected chi connectivity index (χ2v) is 15.2. The van der Waals surface area contributed by atoms with Gasteiger partial charge in [-0.25, -0.2) is 0 Å². The van der Waals surface area contributed by atoms with E-state index in [1.54, 1.807) is 31.2 Å². The minimum atomic E-state index is -5.79. The molecule has 0 bridgehead atoms. The molecule has 1 spiro atoms. The summed E-state index contributed by atoms with van der Waals surface area (Å²) < 4.78 is 73.9. The molecule has 0 unspecified atom stereocenters. The fourth-order valence-corrected chi connectivity index (χ4v) is 7.51. The Morgan fingerprint density at radius 3 is 1.84 bits per heavy atom. The second-order valence-electron chi connectivity index (χ2n) is 13.6. The summed E-state index contributed by atoms with van der Waals surface area (Å²) in [5.41, 5.74) is -1.27. The van der Waals surface area contributed by atoms with Crippen LogP contribution in [0.2, 0.25) is 0 Å². The Morgan fingerprint density at radius 2 is 1.27 bits per heavy atom. The molecule has 1 saturated heterocycles. The number of halogens is 3. The van der Waals surface area contributed by atoms with Crippen molar-refractivity contribution in [3.63, 3.8) is 0 Å². The first kappa shape index (κ1) is 39.6. The molecule has 1 saturated carbocycles. The zero-order valence-corrected chi connectivity index (χ0v) is 31.5. The first-order chi connectivity index (χ1) is 26.3. The van der Waals surface area contributed by atoms with Crippen molar-refractivity contribution in [2.24, 2.45) is 0 Å². The number of ether oxygens (including phenoxy) is 2.